The molecule has 0 spiro atoms. The van der Waals surface area contributed by atoms with Crippen LogP contribution in [0.4, 0.5) is 0 Å². The highest BCUT2D eigenvalue weighted by Crippen LogP contribution is 2.57. The Hall–Kier alpha value is -2.49. The first-order valence-corrected chi connectivity index (χ1v) is 14.8. The van der Waals surface area contributed by atoms with Crippen LogP contribution in [0.25, 0.3) is 21.5 Å². The molecule has 4 atom stereocenters. The number of thiazole rings is 1. The van der Waals surface area contributed by atoms with Gasteiger partial charge in [0.25, 0.3) is 0 Å². The summed E-state index contributed by atoms with van der Waals surface area (Å²) in [6, 6.07) is 10.3. The van der Waals surface area contributed by atoms with Crippen molar-refractivity contribution in [2.24, 2.45) is 11.8 Å². The van der Waals surface area contributed by atoms with Crippen LogP contribution >= 0.6 is 34.5 Å². The van der Waals surface area contributed by atoms with Gasteiger partial charge in [-0.15, -0.1) is 11.3 Å². The van der Waals surface area contributed by atoms with Crippen LogP contribution in [0.1, 0.15) is 71.1 Å². The minimum atomic E-state index is -1.03. The lowest BCUT2D eigenvalue weighted by molar-refractivity contribution is -0.116. The summed E-state index contributed by atoms with van der Waals surface area (Å²) in [5, 5.41) is 27.4. The molecule has 7 nitrogen and oxygen atoms in total. The summed E-state index contributed by atoms with van der Waals surface area (Å²) in [5.74, 6) is 0.263. The molecule has 3 aliphatic carbocycles. The summed E-state index contributed by atoms with van der Waals surface area (Å²) >= 11 is 14.4. The van der Waals surface area contributed by atoms with Crippen LogP contribution in [0.15, 0.2) is 40.9 Å². The number of hydrogen-bond donors (Lipinski definition) is 2. The quantitative estimate of drug-likeness (QED) is 0.232. The number of fused-ring (bicyclic) bond motifs is 3. The number of aromatic nitrogens is 2. The van der Waals surface area contributed by atoms with Gasteiger partial charge in [-0.2, -0.15) is 0 Å². The molecule has 0 amide bonds. The lowest BCUT2D eigenvalue weighted by Gasteiger charge is -2.41. The first kappa shape index (κ1) is 25.5. The fourth-order valence-electron chi connectivity index (χ4n) is 6.47. The molecule has 0 aliphatic heterocycles. The van der Waals surface area contributed by atoms with E-state index >= 15 is 0 Å². The van der Waals surface area contributed by atoms with Crippen LogP contribution in [-0.4, -0.2) is 32.4 Å². The number of hydrogen-bond acceptors (Lipinski definition) is 7. The van der Waals surface area contributed by atoms with Crippen molar-refractivity contribution < 1.29 is 24.3 Å². The van der Waals surface area contributed by atoms with E-state index in [2.05, 4.69) is 5.16 Å². The van der Waals surface area contributed by atoms with Crippen molar-refractivity contribution >= 4 is 50.7 Å². The number of ether oxygens (including phenoxy) is 1. The van der Waals surface area contributed by atoms with Gasteiger partial charge in [-0.25, -0.2) is 9.78 Å². The lowest BCUT2D eigenvalue weighted by atomic mass is 9.73. The number of carboxylic acids is 1. The Kier molecular flexibility index (Phi) is 6.25. The Morgan fingerprint density at radius 2 is 1.82 bits per heavy atom. The highest BCUT2D eigenvalue weighted by atomic mass is 35.5. The SMILES string of the molecule is O=C(O)c1ccc2nc([C@@]3(O)[C@@H]4CC[C@H]3C[C@H](OCc3c(-c5c(Cl)cccc5Cl)noc3C3CC3)C4)sc2c1. The molecule has 2 aromatic carbocycles. The molecule has 2 N–H and O–H groups in total. The summed E-state index contributed by atoms with van der Waals surface area (Å²) in [6.07, 6.45) is 5.35. The molecular formula is C29H26Cl2N2O5S. The molecule has 0 radical (unpaired) electrons. The number of nitrogens with zero attached hydrogens (tertiary/aromatic N) is 2. The smallest absolute Gasteiger partial charge is 0.335 e. The Labute approximate surface area is 238 Å². The third kappa shape index (κ3) is 4.28. The molecule has 7 rings (SSSR count). The maximum atomic E-state index is 12.0. The van der Waals surface area contributed by atoms with Crippen LogP contribution in [0.2, 0.25) is 10.0 Å². The largest absolute Gasteiger partial charge is 0.478 e. The van der Waals surface area contributed by atoms with E-state index in [0.29, 0.717) is 38.8 Å². The first-order valence-electron chi connectivity index (χ1n) is 13.2. The Morgan fingerprint density at radius 3 is 2.49 bits per heavy atom. The predicted octanol–water partition coefficient (Wildman–Crippen LogP) is 7.43. The molecule has 3 fully saturated rings. The number of rotatable bonds is 7. The van der Waals surface area contributed by atoms with Crippen LogP contribution in [0.3, 0.4) is 0 Å². The number of carboxylic acid groups (broad SMARTS) is 1. The van der Waals surface area contributed by atoms with Gasteiger partial charge in [0.15, 0.2) is 0 Å². The minimum Gasteiger partial charge on any atom is -0.478 e. The van der Waals surface area contributed by atoms with E-state index in [1.807, 2.05) is 6.07 Å². The molecule has 39 heavy (non-hydrogen) atoms. The molecule has 0 unspecified atom stereocenters. The molecule has 202 valence electrons. The zero-order valence-corrected chi connectivity index (χ0v) is 23.2. The van der Waals surface area contributed by atoms with Crippen LogP contribution in [0, 0.1) is 11.8 Å². The van der Waals surface area contributed by atoms with E-state index in [1.54, 1.807) is 30.3 Å². The number of benzene rings is 2. The zero-order chi connectivity index (χ0) is 26.9. The van der Waals surface area contributed by atoms with E-state index in [9.17, 15) is 15.0 Å². The van der Waals surface area contributed by atoms with Crippen molar-refractivity contribution in [2.45, 2.75) is 62.8 Å². The van der Waals surface area contributed by atoms with E-state index in [0.717, 1.165) is 60.1 Å². The molecule has 2 heterocycles. The molecule has 2 aromatic heterocycles. The standard InChI is InChI=1S/C29H26Cl2N2O5S/c30-20-2-1-3-21(31)24(20)25-19(26(38-33-25)14-4-5-14)13-37-18-11-16-7-8-17(12-18)29(16,36)28-32-22-9-6-15(27(34)35)10-23(22)39-28/h1-3,6,9-10,14,16-18,36H,4-5,7-8,11-13H2,(H,34,35)/t16-,17+,18-,29-. The fraction of sp³-hybridized carbons (Fsp3) is 0.414. The van der Waals surface area contributed by atoms with Gasteiger partial charge in [0.05, 0.1) is 38.5 Å². The van der Waals surface area contributed by atoms with Crippen molar-refractivity contribution in [2.75, 3.05) is 0 Å². The number of aliphatic hydroxyl groups is 1. The summed E-state index contributed by atoms with van der Waals surface area (Å²) in [5.41, 5.74) is 2.12. The zero-order valence-electron chi connectivity index (χ0n) is 20.9. The highest BCUT2D eigenvalue weighted by molar-refractivity contribution is 7.18. The molecular weight excluding hydrogens is 559 g/mol. The van der Waals surface area contributed by atoms with Crippen molar-refractivity contribution in [3.8, 4) is 11.3 Å². The van der Waals surface area contributed by atoms with Crippen LogP contribution < -0.4 is 0 Å². The second-order valence-corrected chi connectivity index (χ2v) is 12.8. The Bertz CT molecular complexity index is 1560. The summed E-state index contributed by atoms with van der Waals surface area (Å²) < 4.78 is 13.1. The molecule has 2 bridgehead atoms. The van der Waals surface area contributed by atoms with Crippen molar-refractivity contribution in [3.63, 3.8) is 0 Å². The molecule has 4 aromatic rings. The molecule has 3 saturated carbocycles. The number of halogens is 2. The van der Waals surface area contributed by atoms with E-state index < -0.39 is 11.6 Å². The molecule has 3 aliphatic rings. The maximum Gasteiger partial charge on any atom is 0.335 e. The van der Waals surface area contributed by atoms with Crippen LogP contribution in [-0.2, 0) is 16.9 Å². The van der Waals surface area contributed by atoms with Gasteiger partial charge < -0.3 is 19.5 Å². The van der Waals surface area contributed by atoms with Gasteiger partial charge in [-0.1, -0.05) is 34.4 Å². The second kappa shape index (κ2) is 9.56. The minimum absolute atomic E-state index is 0.0172. The van der Waals surface area contributed by atoms with Gasteiger partial charge in [-0.3, -0.25) is 0 Å². The normalized spacial score (nSPS) is 26.4. The molecule has 0 saturated heterocycles. The third-order valence-corrected chi connectivity index (χ3v) is 10.4. The fourth-order valence-corrected chi connectivity index (χ4v) is 8.30. The van der Waals surface area contributed by atoms with E-state index in [4.69, 9.17) is 37.4 Å². The van der Waals surface area contributed by atoms with Crippen LogP contribution in [0.5, 0.6) is 0 Å². The average molecular weight is 586 g/mol. The van der Waals surface area contributed by atoms with Crippen molar-refractivity contribution in [3.05, 3.63) is 68.3 Å². The van der Waals surface area contributed by atoms with Crippen molar-refractivity contribution in [1.29, 1.82) is 0 Å². The predicted molar refractivity (Wildman–Crippen MR) is 148 cm³/mol. The van der Waals surface area contributed by atoms with Gasteiger partial charge in [0.2, 0.25) is 0 Å². The summed E-state index contributed by atoms with van der Waals surface area (Å²) in [4.78, 5) is 16.2. The summed E-state index contributed by atoms with van der Waals surface area (Å²) in [7, 11) is 0. The van der Waals surface area contributed by atoms with E-state index in [-0.39, 0.29) is 23.5 Å². The highest BCUT2D eigenvalue weighted by Gasteiger charge is 2.56. The number of aromatic carboxylic acids is 1. The van der Waals surface area contributed by atoms with Gasteiger partial charge in [-0.05, 0) is 80.7 Å². The maximum absolute atomic E-state index is 12.0. The van der Waals surface area contributed by atoms with E-state index in [1.165, 1.54) is 11.3 Å². The second-order valence-electron chi connectivity index (χ2n) is 11.0. The van der Waals surface area contributed by atoms with Gasteiger partial charge in [0, 0.05) is 17.0 Å². The van der Waals surface area contributed by atoms with Gasteiger partial charge in [0.1, 0.15) is 22.1 Å². The monoisotopic (exact) mass is 584 g/mol. The Balaban J connectivity index is 1.13. The Morgan fingerprint density at radius 1 is 1.10 bits per heavy atom. The number of carbonyl (C=O) groups is 1. The summed E-state index contributed by atoms with van der Waals surface area (Å²) in [6.45, 7) is 0.341. The first-order chi connectivity index (χ1) is 18.8. The third-order valence-electron chi connectivity index (χ3n) is 8.61. The van der Waals surface area contributed by atoms with Crippen molar-refractivity contribution in [1.82, 2.24) is 10.1 Å². The molecule has 10 heteroatoms. The average Bonchev–Trinajstić information content (AvgIpc) is 3.49. The topological polar surface area (TPSA) is 106 Å². The lowest BCUT2D eigenvalue weighted by Crippen LogP contribution is -2.44. The van der Waals surface area contributed by atoms with Gasteiger partial charge >= 0.3 is 5.97 Å².